The highest BCUT2D eigenvalue weighted by Crippen LogP contribution is 2.29. The lowest BCUT2D eigenvalue weighted by atomic mass is 9.84. The van der Waals surface area contributed by atoms with Crippen molar-refractivity contribution in [3.63, 3.8) is 0 Å². The van der Waals surface area contributed by atoms with Gasteiger partial charge in [0.15, 0.2) is 0 Å². The van der Waals surface area contributed by atoms with Gasteiger partial charge in [0.25, 0.3) is 0 Å². The lowest BCUT2D eigenvalue weighted by Gasteiger charge is -2.43. The van der Waals surface area contributed by atoms with E-state index in [1.54, 1.807) is 28.6 Å². The first kappa shape index (κ1) is 17.2. The van der Waals surface area contributed by atoms with E-state index in [9.17, 15) is 8.42 Å². The number of hydrogen-bond donors (Lipinski definition) is 0. The number of piperazine rings is 1. The van der Waals surface area contributed by atoms with Crippen LogP contribution in [-0.4, -0.2) is 49.8 Å². The Morgan fingerprint density at radius 3 is 2.22 bits per heavy atom. The van der Waals surface area contributed by atoms with Crippen molar-refractivity contribution in [2.45, 2.75) is 43.5 Å². The van der Waals surface area contributed by atoms with Gasteiger partial charge in [0.05, 0.1) is 4.90 Å². The molecule has 2 atom stereocenters. The van der Waals surface area contributed by atoms with Gasteiger partial charge in [-0.05, 0) is 43.0 Å². The summed E-state index contributed by atoms with van der Waals surface area (Å²) in [6.07, 6.45) is 5.19. The normalized spacial score (nSPS) is 27.9. The molecule has 2 fully saturated rings. The number of nitrogens with zero attached hydrogens (tertiary/aromatic N) is 2. The van der Waals surface area contributed by atoms with Crippen LogP contribution in [0.1, 0.15) is 32.6 Å². The molecule has 0 bridgehead atoms. The molecule has 1 aromatic rings. The van der Waals surface area contributed by atoms with Crippen molar-refractivity contribution in [2.75, 3.05) is 26.2 Å². The monoisotopic (exact) mass is 356 g/mol. The van der Waals surface area contributed by atoms with Crippen molar-refractivity contribution in [1.29, 1.82) is 0 Å². The molecule has 1 saturated carbocycles. The van der Waals surface area contributed by atoms with E-state index in [0.29, 0.717) is 29.0 Å². The maximum atomic E-state index is 12.7. The van der Waals surface area contributed by atoms with Gasteiger partial charge >= 0.3 is 0 Å². The predicted octanol–water partition coefficient (Wildman–Crippen LogP) is 3.23. The van der Waals surface area contributed by atoms with E-state index in [0.717, 1.165) is 19.0 Å². The molecular weight excluding hydrogens is 332 g/mol. The number of hydrogen-bond acceptors (Lipinski definition) is 3. The summed E-state index contributed by atoms with van der Waals surface area (Å²) >= 11 is 5.85. The first-order chi connectivity index (χ1) is 11.0. The van der Waals surface area contributed by atoms with Crippen molar-refractivity contribution in [3.8, 4) is 0 Å². The summed E-state index contributed by atoms with van der Waals surface area (Å²) in [4.78, 5) is 2.83. The SMILES string of the molecule is C[C@H]1CCCC[C@@H]1N1CCN(S(=O)(=O)c2ccc(Cl)cc2)CC1. The molecule has 23 heavy (non-hydrogen) atoms. The third-order valence-corrected chi connectivity index (χ3v) is 7.42. The molecule has 4 nitrogen and oxygen atoms in total. The van der Waals surface area contributed by atoms with Gasteiger partial charge in [-0.15, -0.1) is 0 Å². The summed E-state index contributed by atoms with van der Waals surface area (Å²) in [5.41, 5.74) is 0. The second-order valence-corrected chi connectivity index (χ2v) is 9.10. The van der Waals surface area contributed by atoms with Crippen LogP contribution in [0, 0.1) is 5.92 Å². The summed E-state index contributed by atoms with van der Waals surface area (Å²) in [5.74, 6) is 0.725. The summed E-state index contributed by atoms with van der Waals surface area (Å²) in [6.45, 7) is 5.16. The third-order valence-electron chi connectivity index (χ3n) is 5.26. The van der Waals surface area contributed by atoms with Crippen molar-refractivity contribution < 1.29 is 8.42 Å². The number of sulfonamides is 1. The Labute approximate surface area is 144 Å². The average Bonchev–Trinajstić information content (AvgIpc) is 2.56. The maximum absolute atomic E-state index is 12.7. The zero-order valence-corrected chi connectivity index (χ0v) is 15.2. The zero-order chi connectivity index (χ0) is 16.4. The van der Waals surface area contributed by atoms with Crippen molar-refractivity contribution >= 4 is 21.6 Å². The van der Waals surface area contributed by atoms with Gasteiger partial charge in [0.1, 0.15) is 0 Å². The van der Waals surface area contributed by atoms with Crippen molar-refractivity contribution in [3.05, 3.63) is 29.3 Å². The van der Waals surface area contributed by atoms with Gasteiger partial charge in [-0.25, -0.2) is 8.42 Å². The van der Waals surface area contributed by atoms with Gasteiger partial charge in [-0.1, -0.05) is 31.4 Å². The van der Waals surface area contributed by atoms with Crippen LogP contribution >= 0.6 is 11.6 Å². The quantitative estimate of drug-likeness (QED) is 0.834. The fraction of sp³-hybridized carbons (Fsp3) is 0.647. The van der Waals surface area contributed by atoms with Gasteiger partial charge in [-0.3, -0.25) is 4.90 Å². The smallest absolute Gasteiger partial charge is 0.243 e. The summed E-state index contributed by atoms with van der Waals surface area (Å²) < 4.78 is 27.0. The second-order valence-electron chi connectivity index (χ2n) is 6.72. The van der Waals surface area contributed by atoms with E-state index in [-0.39, 0.29) is 0 Å². The largest absolute Gasteiger partial charge is 0.298 e. The highest BCUT2D eigenvalue weighted by Gasteiger charge is 2.33. The molecule has 6 heteroatoms. The third kappa shape index (κ3) is 3.73. The fourth-order valence-electron chi connectivity index (χ4n) is 3.87. The topological polar surface area (TPSA) is 40.6 Å². The molecule has 0 radical (unpaired) electrons. The van der Waals surface area contributed by atoms with Gasteiger partial charge < -0.3 is 0 Å². The molecule has 0 amide bonds. The van der Waals surface area contributed by atoms with E-state index >= 15 is 0 Å². The van der Waals surface area contributed by atoms with Crippen LogP contribution in [0.15, 0.2) is 29.2 Å². The Kier molecular flexibility index (Phi) is 5.31. The average molecular weight is 357 g/mol. The molecule has 0 N–H and O–H groups in total. The summed E-state index contributed by atoms with van der Waals surface area (Å²) in [5, 5.41) is 0.556. The Balaban J connectivity index is 1.65. The number of rotatable bonds is 3. The minimum Gasteiger partial charge on any atom is -0.298 e. The summed E-state index contributed by atoms with van der Waals surface area (Å²) in [7, 11) is -3.40. The van der Waals surface area contributed by atoms with Crippen LogP contribution < -0.4 is 0 Å². The maximum Gasteiger partial charge on any atom is 0.243 e. The second kappa shape index (κ2) is 7.09. The van der Waals surface area contributed by atoms with Crippen LogP contribution in [0.3, 0.4) is 0 Å². The molecule has 0 spiro atoms. The predicted molar refractivity (Wildman–Crippen MR) is 93.2 cm³/mol. The fourth-order valence-corrected chi connectivity index (χ4v) is 5.42. The van der Waals surface area contributed by atoms with Crippen LogP contribution in [0.5, 0.6) is 0 Å². The number of benzene rings is 1. The molecule has 1 aliphatic carbocycles. The van der Waals surface area contributed by atoms with Gasteiger partial charge in [-0.2, -0.15) is 4.31 Å². The van der Waals surface area contributed by atoms with Gasteiger partial charge in [0, 0.05) is 37.2 Å². The number of halogens is 1. The Morgan fingerprint density at radius 1 is 1.00 bits per heavy atom. The Morgan fingerprint density at radius 2 is 1.61 bits per heavy atom. The molecule has 1 aliphatic heterocycles. The van der Waals surface area contributed by atoms with Crippen LogP contribution in [0.2, 0.25) is 5.02 Å². The van der Waals surface area contributed by atoms with E-state index < -0.39 is 10.0 Å². The molecule has 128 valence electrons. The Bertz CT molecular complexity index is 624. The Hall–Kier alpha value is -0.620. The van der Waals surface area contributed by atoms with Crippen LogP contribution in [-0.2, 0) is 10.0 Å². The molecule has 1 heterocycles. The molecule has 1 aromatic carbocycles. The first-order valence-corrected chi connectivity index (χ1v) is 10.3. The van der Waals surface area contributed by atoms with E-state index in [1.807, 2.05) is 0 Å². The zero-order valence-electron chi connectivity index (χ0n) is 13.6. The highest BCUT2D eigenvalue weighted by atomic mass is 35.5. The lowest BCUT2D eigenvalue weighted by molar-refractivity contribution is 0.0786. The molecule has 0 unspecified atom stereocenters. The molecule has 3 rings (SSSR count). The van der Waals surface area contributed by atoms with Crippen molar-refractivity contribution in [2.24, 2.45) is 5.92 Å². The van der Waals surface area contributed by atoms with Crippen LogP contribution in [0.4, 0.5) is 0 Å². The molecule has 1 saturated heterocycles. The minimum absolute atomic E-state index is 0.335. The van der Waals surface area contributed by atoms with Crippen LogP contribution in [0.25, 0.3) is 0 Å². The lowest BCUT2D eigenvalue weighted by Crippen LogP contribution is -2.53. The first-order valence-electron chi connectivity index (χ1n) is 8.48. The van der Waals surface area contributed by atoms with Gasteiger partial charge in [0.2, 0.25) is 10.0 Å². The van der Waals surface area contributed by atoms with E-state index in [2.05, 4.69) is 11.8 Å². The van der Waals surface area contributed by atoms with E-state index in [4.69, 9.17) is 11.6 Å². The van der Waals surface area contributed by atoms with E-state index in [1.165, 1.54) is 25.7 Å². The molecular formula is C17H25ClN2O2S. The standard InChI is InChI=1S/C17H25ClN2O2S/c1-14-4-2-3-5-17(14)19-10-12-20(13-11-19)23(21,22)16-8-6-15(18)7-9-16/h6-9,14,17H,2-5,10-13H2,1H3/t14-,17-/m0/s1. The van der Waals surface area contributed by atoms with Crippen molar-refractivity contribution in [1.82, 2.24) is 9.21 Å². The molecule has 2 aliphatic rings. The minimum atomic E-state index is -3.40. The molecule has 0 aromatic heterocycles. The highest BCUT2D eigenvalue weighted by molar-refractivity contribution is 7.89. The summed E-state index contributed by atoms with van der Waals surface area (Å²) in [6, 6.07) is 7.08.